The number of aryl methyl sites for hydroxylation is 1. The molecule has 0 aliphatic rings. The molecule has 1 aromatic heterocycles. The van der Waals surface area contributed by atoms with Crippen molar-refractivity contribution in [1.29, 1.82) is 0 Å². The van der Waals surface area contributed by atoms with E-state index in [-0.39, 0.29) is 24.7 Å². The summed E-state index contributed by atoms with van der Waals surface area (Å²) in [5.41, 5.74) is 2.32. The minimum absolute atomic E-state index is 0.0730. The number of aromatic nitrogens is 1. The summed E-state index contributed by atoms with van der Waals surface area (Å²) in [5.74, 6) is -0.662. The van der Waals surface area contributed by atoms with Crippen LogP contribution in [0, 0.1) is 24.0 Å². The van der Waals surface area contributed by atoms with Crippen molar-refractivity contribution >= 4 is 17.4 Å². The van der Waals surface area contributed by atoms with E-state index in [1.165, 1.54) is 24.3 Å². The molecule has 0 saturated heterocycles. The lowest BCUT2D eigenvalue weighted by Crippen LogP contribution is -2.20. The molecule has 0 fully saturated rings. The van der Waals surface area contributed by atoms with Crippen LogP contribution in [0.4, 0.5) is 5.69 Å². The number of nitrogens with zero attached hydrogens (tertiary/aromatic N) is 2. The van der Waals surface area contributed by atoms with Gasteiger partial charge in [-0.2, -0.15) is 0 Å². The fourth-order valence-electron chi connectivity index (χ4n) is 2.72. The second-order valence-corrected chi connectivity index (χ2v) is 6.06. The van der Waals surface area contributed by atoms with Crippen molar-refractivity contribution in [3.63, 3.8) is 0 Å². The Hall–Kier alpha value is -3.16. The molecule has 0 saturated carbocycles. The van der Waals surface area contributed by atoms with Gasteiger partial charge in [-0.25, -0.2) is 4.79 Å². The molecule has 0 atom stereocenters. The first-order valence-electron chi connectivity index (χ1n) is 8.56. The fraction of sp³-hybridized carbons (Fsp3) is 0.368. The summed E-state index contributed by atoms with van der Waals surface area (Å²) in [4.78, 5) is 34.2. The second-order valence-electron chi connectivity index (χ2n) is 6.06. The van der Waals surface area contributed by atoms with Crippen LogP contribution in [0.2, 0.25) is 0 Å². The summed E-state index contributed by atoms with van der Waals surface area (Å²) in [6.45, 7) is 5.94. The predicted molar refractivity (Wildman–Crippen MR) is 98.1 cm³/mol. The maximum Gasteiger partial charge on any atom is 0.344 e. The van der Waals surface area contributed by atoms with Crippen molar-refractivity contribution < 1.29 is 24.0 Å². The van der Waals surface area contributed by atoms with Gasteiger partial charge in [-0.15, -0.1) is 0 Å². The summed E-state index contributed by atoms with van der Waals surface area (Å²) >= 11 is 0. The quantitative estimate of drug-likeness (QED) is 0.289. The standard InChI is InChI=1S/C19H22N2O6/c1-4-9-20-13(2)10-17(14(20)3)18(22)11-27-19(23)12-26-16-7-5-15(6-8-16)21(24)25/h5-8,10H,4,9,11-12H2,1-3H3. The van der Waals surface area contributed by atoms with Crippen LogP contribution in [0.5, 0.6) is 5.75 Å². The van der Waals surface area contributed by atoms with Crippen molar-refractivity contribution in [2.24, 2.45) is 0 Å². The third kappa shape index (κ3) is 5.16. The molecule has 2 aromatic rings. The Morgan fingerprint density at radius 3 is 2.41 bits per heavy atom. The Bertz CT molecular complexity index is 839. The van der Waals surface area contributed by atoms with Crippen LogP contribution in [-0.4, -0.2) is 34.5 Å². The minimum atomic E-state index is -0.691. The zero-order valence-electron chi connectivity index (χ0n) is 15.6. The molecule has 0 amide bonds. The van der Waals surface area contributed by atoms with Crippen molar-refractivity contribution in [3.8, 4) is 5.75 Å². The Morgan fingerprint density at radius 2 is 1.81 bits per heavy atom. The highest BCUT2D eigenvalue weighted by Gasteiger charge is 2.17. The number of Topliss-reactive ketones (excluding diaryl/α,β-unsaturated/α-hetero) is 1. The SMILES string of the molecule is CCCn1c(C)cc(C(=O)COC(=O)COc2ccc([N+](=O)[O-])cc2)c1C. The van der Waals surface area contributed by atoms with Gasteiger partial charge in [-0.3, -0.25) is 14.9 Å². The molecule has 144 valence electrons. The molecule has 0 N–H and O–H groups in total. The molecule has 1 aromatic carbocycles. The predicted octanol–water partition coefficient (Wildman–Crippen LogP) is 3.23. The molecule has 0 bridgehead atoms. The smallest absolute Gasteiger partial charge is 0.344 e. The lowest BCUT2D eigenvalue weighted by molar-refractivity contribution is -0.384. The molecular weight excluding hydrogens is 352 g/mol. The lowest BCUT2D eigenvalue weighted by Gasteiger charge is -2.08. The Kier molecular flexibility index (Phi) is 6.70. The first-order valence-corrected chi connectivity index (χ1v) is 8.56. The molecular formula is C19H22N2O6. The topological polar surface area (TPSA) is 101 Å². The Balaban J connectivity index is 1.85. The lowest BCUT2D eigenvalue weighted by atomic mass is 10.1. The zero-order chi connectivity index (χ0) is 20.0. The normalized spacial score (nSPS) is 10.5. The van der Waals surface area contributed by atoms with Gasteiger partial charge in [-0.05, 0) is 38.5 Å². The Morgan fingerprint density at radius 1 is 1.15 bits per heavy atom. The highest BCUT2D eigenvalue weighted by molar-refractivity contribution is 5.99. The van der Waals surface area contributed by atoms with Gasteiger partial charge in [0.25, 0.3) is 5.69 Å². The third-order valence-corrected chi connectivity index (χ3v) is 4.09. The summed E-state index contributed by atoms with van der Waals surface area (Å²) < 4.78 is 12.2. The summed E-state index contributed by atoms with van der Waals surface area (Å²) in [5, 5.41) is 10.6. The van der Waals surface area contributed by atoms with Gasteiger partial charge < -0.3 is 14.0 Å². The second kappa shape index (κ2) is 8.98. The molecule has 8 nitrogen and oxygen atoms in total. The number of hydrogen-bond donors (Lipinski definition) is 0. The monoisotopic (exact) mass is 374 g/mol. The number of nitro benzene ring substituents is 1. The number of carbonyl (C=O) groups is 2. The number of benzene rings is 1. The van der Waals surface area contributed by atoms with Gasteiger partial charge in [0.1, 0.15) is 5.75 Å². The Labute approximate surface area is 156 Å². The van der Waals surface area contributed by atoms with E-state index in [1.54, 1.807) is 6.07 Å². The van der Waals surface area contributed by atoms with Crippen LogP contribution >= 0.6 is 0 Å². The van der Waals surface area contributed by atoms with E-state index in [4.69, 9.17) is 9.47 Å². The zero-order valence-corrected chi connectivity index (χ0v) is 15.6. The van der Waals surface area contributed by atoms with Crippen LogP contribution < -0.4 is 4.74 Å². The van der Waals surface area contributed by atoms with E-state index in [1.807, 2.05) is 13.8 Å². The van der Waals surface area contributed by atoms with Gasteiger partial charge in [0.05, 0.1) is 4.92 Å². The van der Waals surface area contributed by atoms with E-state index in [0.29, 0.717) is 11.3 Å². The number of nitro groups is 1. The van der Waals surface area contributed by atoms with Crippen LogP contribution in [0.25, 0.3) is 0 Å². The average molecular weight is 374 g/mol. The molecule has 8 heteroatoms. The van der Waals surface area contributed by atoms with Gasteiger partial charge in [0.2, 0.25) is 5.78 Å². The maximum atomic E-state index is 12.3. The van der Waals surface area contributed by atoms with E-state index in [0.717, 1.165) is 24.4 Å². The van der Waals surface area contributed by atoms with Crippen molar-refractivity contribution in [2.75, 3.05) is 13.2 Å². The van der Waals surface area contributed by atoms with Gasteiger partial charge >= 0.3 is 5.97 Å². The van der Waals surface area contributed by atoms with Gasteiger partial charge in [0, 0.05) is 35.6 Å². The fourth-order valence-corrected chi connectivity index (χ4v) is 2.72. The number of hydrogen-bond acceptors (Lipinski definition) is 6. The van der Waals surface area contributed by atoms with Crippen molar-refractivity contribution in [2.45, 2.75) is 33.7 Å². The summed E-state index contributed by atoms with van der Waals surface area (Å²) in [6, 6.07) is 7.12. The van der Waals surface area contributed by atoms with Crippen LogP contribution in [-0.2, 0) is 16.1 Å². The van der Waals surface area contributed by atoms with Crippen molar-refractivity contribution in [3.05, 3.63) is 57.4 Å². The molecule has 2 rings (SSSR count). The third-order valence-electron chi connectivity index (χ3n) is 4.09. The molecule has 27 heavy (non-hydrogen) atoms. The van der Waals surface area contributed by atoms with Crippen LogP contribution in [0.1, 0.15) is 35.1 Å². The molecule has 0 spiro atoms. The maximum absolute atomic E-state index is 12.3. The molecule has 0 aliphatic carbocycles. The van der Waals surface area contributed by atoms with Crippen molar-refractivity contribution in [1.82, 2.24) is 4.57 Å². The number of non-ortho nitro benzene ring substituents is 1. The first-order chi connectivity index (χ1) is 12.8. The number of ketones is 1. The van der Waals surface area contributed by atoms with E-state index >= 15 is 0 Å². The summed E-state index contributed by atoms with van der Waals surface area (Å²) in [6.07, 6.45) is 0.957. The number of carbonyl (C=O) groups excluding carboxylic acids is 2. The minimum Gasteiger partial charge on any atom is -0.482 e. The highest BCUT2D eigenvalue weighted by Crippen LogP contribution is 2.18. The van der Waals surface area contributed by atoms with Crippen LogP contribution in [0.15, 0.2) is 30.3 Å². The molecule has 0 radical (unpaired) electrons. The van der Waals surface area contributed by atoms with Gasteiger partial charge in [-0.1, -0.05) is 6.92 Å². The van der Waals surface area contributed by atoms with E-state index in [9.17, 15) is 19.7 Å². The molecule has 0 aliphatic heterocycles. The first kappa shape index (κ1) is 20.2. The number of esters is 1. The molecule has 0 unspecified atom stereocenters. The number of rotatable bonds is 9. The molecule has 1 heterocycles. The summed E-state index contributed by atoms with van der Waals surface area (Å²) in [7, 11) is 0. The number of ether oxygens (including phenoxy) is 2. The van der Waals surface area contributed by atoms with E-state index < -0.39 is 10.9 Å². The van der Waals surface area contributed by atoms with Gasteiger partial charge in [0.15, 0.2) is 13.2 Å². The average Bonchev–Trinajstić information content (AvgIpc) is 2.93. The van der Waals surface area contributed by atoms with Crippen LogP contribution in [0.3, 0.4) is 0 Å². The largest absolute Gasteiger partial charge is 0.482 e. The van der Waals surface area contributed by atoms with E-state index in [2.05, 4.69) is 11.5 Å². The highest BCUT2D eigenvalue weighted by atomic mass is 16.6.